The molecule has 0 atom stereocenters. The summed E-state index contributed by atoms with van der Waals surface area (Å²) in [6.07, 6.45) is 1.45. The Balaban J connectivity index is 2.14. The third-order valence-electron chi connectivity index (χ3n) is 2.27. The SMILES string of the molecule is C[CH]P(=O)(Oc1ccccc1)Oc1ccccc1. The fraction of sp³-hybridized carbons (Fsp3) is 0.0714. The maximum Gasteiger partial charge on any atom is 0.434 e. The van der Waals surface area contributed by atoms with Crippen molar-refractivity contribution in [1.82, 2.24) is 0 Å². The van der Waals surface area contributed by atoms with Crippen molar-refractivity contribution >= 4 is 7.60 Å². The summed E-state index contributed by atoms with van der Waals surface area (Å²) in [4.78, 5) is 0. The molecule has 2 aromatic rings. The van der Waals surface area contributed by atoms with Gasteiger partial charge in [0.1, 0.15) is 11.5 Å². The molecule has 0 amide bonds. The average Bonchev–Trinajstić information content (AvgIpc) is 2.41. The van der Waals surface area contributed by atoms with Crippen molar-refractivity contribution in [2.75, 3.05) is 0 Å². The molecule has 0 bridgehead atoms. The maximum atomic E-state index is 12.4. The fourth-order valence-electron chi connectivity index (χ4n) is 1.38. The number of hydrogen-bond donors (Lipinski definition) is 0. The summed E-state index contributed by atoms with van der Waals surface area (Å²) in [5, 5.41) is 0. The normalized spacial score (nSPS) is 10.9. The van der Waals surface area contributed by atoms with Gasteiger partial charge in [0, 0.05) is 0 Å². The van der Waals surface area contributed by atoms with Gasteiger partial charge in [0.05, 0.1) is 6.16 Å². The van der Waals surface area contributed by atoms with Crippen molar-refractivity contribution in [1.29, 1.82) is 0 Å². The predicted molar refractivity (Wildman–Crippen MR) is 71.7 cm³/mol. The van der Waals surface area contributed by atoms with E-state index in [4.69, 9.17) is 9.05 Å². The summed E-state index contributed by atoms with van der Waals surface area (Å²) in [6, 6.07) is 18.0. The van der Waals surface area contributed by atoms with E-state index in [0.717, 1.165) is 0 Å². The van der Waals surface area contributed by atoms with Crippen molar-refractivity contribution in [3.8, 4) is 11.5 Å². The van der Waals surface area contributed by atoms with Gasteiger partial charge in [-0.3, -0.25) is 0 Å². The van der Waals surface area contributed by atoms with Crippen molar-refractivity contribution in [2.24, 2.45) is 0 Å². The summed E-state index contributed by atoms with van der Waals surface area (Å²) in [5.74, 6) is 1.05. The molecule has 0 aliphatic rings. The highest BCUT2D eigenvalue weighted by atomic mass is 31.2. The first kappa shape index (κ1) is 12.7. The Bertz CT molecular complexity index is 480. The lowest BCUT2D eigenvalue weighted by Gasteiger charge is -2.18. The van der Waals surface area contributed by atoms with Crippen LogP contribution in [-0.4, -0.2) is 0 Å². The second-order valence-corrected chi connectivity index (χ2v) is 5.57. The van der Waals surface area contributed by atoms with Crippen LogP contribution in [-0.2, 0) is 4.57 Å². The molecule has 0 spiro atoms. The van der Waals surface area contributed by atoms with E-state index < -0.39 is 7.60 Å². The first-order valence-corrected chi connectivity index (χ1v) is 7.22. The molecule has 2 aromatic carbocycles. The van der Waals surface area contributed by atoms with Gasteiger partial charge in [-0.15, -0.1) is 0 Å². The lowest BCUT2D eigenvalue weighted by Crippen LogP contribution is -2.00. The van der Waals surface area contributed by atoms with Gasteiger partial charge in [-0.2, -0.15) is 0 Å². The largest absolute Gasteiger partial charge is 0.434 e. The van der Waals surface area contributed by atoms with Gasteiger partial charge in [0.15, 0.2) is 0 Å². The van der Waals surface area contributed by atoms with Crippen LogP contribution in [0.2, 0.25) is 0 Å². The third kappa shape index (κ3) is 3.38. The lowest BCUT2D eigenvalue weighted by atomic mass is 10.3. The predicted octanol–water partition coefficient (Wildman–Crippen LogP) is 4.52. The Morgan fingerprint density at radius 2 is 1.22 bits per heavy atom. The molecule has 3 nitrogen and oxygen atoms in total. The minimum absolute atomic E-state index is 0.523. The molecule has 0 fully saturated rings. The molecule has 0 saturated carbocycles. The van der Waals surface area contributed by atoms with Crippen LogP contribution in [0.15, 0.2) is 60.7 Å². The zero-order valence-corrected chi connectivity index (χ0v) is 10.9. The molecular formula is C14H14O3P. The Hall–Kier alpha value is -1.73. The highest BCUT2D eigenvalue weighted by molar-refractivity contribution is 7.56. The standard InChI is InChI=1S/C14H14O3P/c1-2-18(15,16-13-9-5-3-6-10-13)17-14-11-7-4-8-12-14/h2-12H,1H3. The Morgan fingerprint density at radius 1 is 0.833 bits per heavy atom. The van der Waals surface area contributed by atoms with Gasteiger partial charge in [-0.25, -0.2) is 4.57 Å². The monoisotopic (exact) mass is 261 g/mol. The van der Waals surface area contributed by atoms with E-state index in [9.17, 15) is 4.57 Å². The molecule has 18 heavy (non-hydrogen) atoms. The van der Waals surface area contributed by atoms with Gasteiger partial charge < -0.3 is 9.05 Å². The number of hydrogen-bond acceptors (Lipinski definition) is 3. The van der Waals surface area contributed by atoms with Crippen molar-refractivity contribution < 1.29 is 13.6 Å². The molecule has 0 aliphatic heterocycles. The molecule has 2 rings (SSSR count). The van der Waals surface area contributed by atoms with Crippen LogP contribution in [0.5, 0.6) is 11.5 Å². The van der Waals surface area contributed by atoms with E-state index in [1.54, 1.807) is 31.2 Å². The van der Waals surface area contributed by atoms with Crippen molar-refractivity contribution in [2.45, 2.75) is 6.92 Å². The van der Waals surface area contributed by atoms with Crippen LogP contribution >= 0.6 is 7.60 Å². The van der Waals surface area contributed by atoms with Crippen LogP contribution in [0.1, 0.15) is 6.92 Å². The first-order chi connectivity index (χ1) is 8.72. The Kier molecular flexibility index (Phi) is 4.06. The van der Waals surface area contributed by atoms with Crippen LogP contribution in [0.4, 0.5) is 0 Å². The number of para-hydroxylation sites is 2. The minimum atomic E-state index is -3.27. The highest BCUT2D eigenvalue weighted by Gasteiger charge is 2.25. The molecule has 93 valence electrons. The second-order valence-electron chi connectivity index (χ2n) is 3.61. The summed E-state index contributed by atoms with van der Waals surface area (Å²) in [7, 11) is -3.27. The van der Waals surface area contributed by atoms with Gasteiger partial charge in [0.2, 0.25) is 0 Å². The molecular weight excluding hydrogens is 247 g/mol. The van der Waals surface area contributed by atoms with E-state index in [1.165, 1.54) is 6.16 Å². The quantitative estimate of drug-likeness (QED) is 0.742. The van der Waals surface area contributed by atoms with E-state index in [-0.39, 0.29) is 0 Å². The van der Waals surface area contributed by atoms with E-state index >= 15 is 0 Å². The summed E-state index contributed by atoms with van der Waals surface area (Å²) in [5.41, 5.74) is 0. The number of rotatable bonds is 5. The molecule has 1 radical (unpaired) electrons. The lowest BCUT2D eigenvalue weighted by molar-refractivity contribution is 0.393. The van der Waals surface area contributed by atoms with E-state index in [2.05, 4.69) is 0 Å². The van der Waals surface area contributed by atoms with E-state index in [1.807, 2.05) is 36.4 Å². The highest BCUT2D eigenvalue weighted by Crippen LogP contribution is 2.50. The fourth-order valence-corrected chi connectivity index (χ4v) is 2.46. The number of benzene rings is 2. The topological polar surface area (TPSA) is 35.5 Å². The maximum absolute atomic E-state index is 12.4. The average molecular weight is 261 g/mol. The molecule has 4 heteroatoms. The zero-order chi connectivity index (χ0) is 12.8. The molecule has 0 saturated heterocycles. The van der Waals surface area contributed by atoms with Gasteiger partial charge >= 0.3 is 7.60 Å². The van der Waals surface area contributed by atoms with Gasteiger partial charge in [-0.05, 0) is 31.2 Å². The molecule has 0 N–H and O–H groups in total. The summed E-state index contributed by atoms with van der Waals surface area (Å²) < 4.78 is 23.3. The summed E-state index contributed by atoms with van der Waals surface area (Å²) >= 11 is 0. The zero-order valence-electron chi connectivity index (χ0n) is 10.0. The molecule has 0 aromatic heterocycles. The smallest absolute Gasteiger partial charge is 0.416 e. The second kappa shape index (κ2) is 5.74. The van der Waals surface area contributed by atoms with Gasteiger partial charge in [0.25, 0.3) is 0 Å². The van der Waals surface area contributed by atoms with Crippen molar-refractivity contribution in [3.63, 3.8) is 0 Å². The van der Waals surface area contributed by atoms with Crippen LogP contribution in [0, 0.1) is 6.16 Å². The summed E-state index contributed by atoms with van der Waals surface area (Å²) in [6.45, 7) is 1.66. The molecule has 0 unspecified atom stereocenters. The molecule has 0 aliphatic carbocycles. The van der Waals surface area contributed by atoms with Crippen LogP contribution in [0.3, 0.4) is 0 Å². The van der Waals surface area contributed by atoms with E-state index in [0.29, 0.717) is 11.5 Å². The Morgan fingerprint density at radius 3 is 1.56 bits per heavy atom. The van der Waals surface area contributed by atoms with Gasteiger partial charge in [-0.1, -0.05) is 36.4 Å². The third-order valence-corrected chi connectivity index (χ3v) is 3.83. The van der Waals surface area contributed by atoms with Crippen molar-refractivity contribution in [3.05, 3.63) is 66.8 Å². The van der Waals surface area contributed by atoms with Crippen LogP contribution < -0.4 is 9.05 Å². The molecule has 0 heterocycles. The van der Waals surface area contributed by atoms with Crippen LogP contribution in [0.25, 0.3) is 0 Å². The Labute approximate surface area is 107 Å². The first-order valence-electron chi connectivity index (χ1n) is 5.61. The minimum Gasteiger partial charge on any atom is -0.416 e.